The van der Waals surface area contributed by atoms with Crippen LogP contribution in [-0.4, -0.2) is 17.5 Å². The fourth-order valence-electron chi connectivity index (χ4n) is 2.43. The molecule has 0 bridgehead atoms. The van der Waals surface area contributed by atoms with E-state index in [0.29, 0.717) is 22.0 Å². The molecule has 3 N–H and O–H groups in total. The maximum Gasteiger partial charge on any atom is 0.0656 e. The molecule has 4 heteroatoms. The average molecular weight is 271 g/mol. The quantitative estimate of drug-likeness (QED) is 0.818. The molecule has 94 valence electrons. The third kappa shape index (κ3) is 2.83. The molecule has 1 aromatic rings. The van der Waals surface area contributed by atoms with Gasteiger partial charge in [0.1, 0.15) is 0 Å². The summed E-state index contributed by atoms with van der Waals surface area (Å²) in [5.74, 6) is 0. The van der Waals surface area contributed by atoms with Gasteiger partial charge >= 0.3 is 0 Å². The number of thioether (sulfide) groups is 1. The average Bonchev–Trinajstić information content (AvgIpc) is 2.73. The highest BCUT2D eigenvalue weighted by atomic mass is 35.5. The predicted octanol–water partition coefficient (Wildman–Crippen LogP) is 3.93. The third-order valence-corrected chi connectivity index (χ3v) is 4.94. The van der Waals surface area contributed by atoms with Gasteiger partial charge in [-0.2, -0.15) is 11.8 Å². The maximum atomic E-state index is 6.07. The van der Waals surface area contributed by atoms with Gasteiger partial charge in [0.15, 0.2) is 0 Å². The Labute approximate surface area is 112 Å². The van der Waals surface area contributed by atoms with Gasteiger partial charge in [-0.1, -0.05) is 18.0 Å². The van der Waals surface area contributed by atoms with Gasteiger partial charge in [-0.3, -0.25) is 0 Å². The number of aryl methyl sites for hydroxylation is 1. The van der Waals surface area contributed by atoms with Crippen molar-refractivity contribution in [3.63, 3.8) is 0 Å². The molecule has 2 unspecified atom stereocenters. The molecule has 0 aromatic heterocycles. The molecule has 1 saturated carbocycles. The first-order chi connectivity index (χ1) is 8.11. The topological polar surface area (TPSA) is 38.0 Å². The van der Waals surface area contributed by atoms with Gasteiger partial charge < -0.3 is 11.1 Å². The van der Waals surface area contributed by atoms with E-state index in [0.717, 1.165) is 5.69 Å². The number of nitrogens with two attached hydrogens (primary N) is 1. The van der Waals surface area contributed by atoms with E-state index in [1.807, 2.05) is 23.9 Å². The van der Waals surface area contributed by atoms with Crippen LogP contribution in [0.2, 0.25) is 5.02 Å². The monoisotopic (exact) mass is 270 g/mol. The molecular formula is C13H19ClN2S. The summed E-state index contributed by atoms with van der Waals surface area (Å²) in [7, 11) is 0. The second-order valence-corrected chi connectivity index (χ2v) is 6.13. The number of benzene rings is 1. The highest BCUT2D eigenvalue weighted by Gasteiger charge is 2.26. The van der Waals surface area contributed by atoms with Gasteiger partial charge in [-0.25, -0.2) is 0 Å². The Morgan fingerprint density at radius 3 is 2.88 bits per heavy atom. The summed E-state index contributed by atoms with van der Waals surface area (Å²) in [4.78, 5) is 0. The number of hydrogen-bond donors (Lipinski definition) is 2. The molecule has 17 heavy (non-hydrogen) atoms. The molecule has 0 amide bonds. The lowest BCUT2D eigenvalue weighted by molar-refractivity contribution is 0.768. The Morgan fingerprint density at radius 2 is 2.18 bits per heavy atom. The maximum absolute atomic E-state index is 6.07. The minimum atomic E-state index is 0.559. The largest absolute Gasteiger partial charge is 0.398 e. The Bertz CT molecular complexity index is 409. The van der Waals surface area contributed by atoms with Crippen LogP contribution in [0.4, 0.5) is 11.4 Å². The fourth-order valence-corrected chi connectivity index (χ4v) is 3.53. The molecule has 0 aliphatic heterocycles. The summed E-state index contributed by atoms with van der Waals surface area (Å²) in [6, 6.07) is 4.44. The number of hydrogen-bond acceptors (Lipinski definition) is 3. The lowest BCUT2D eigenvalue weighted by atomic mass is 10.1. The zero-order valence-corrected chi connectivity index (χ0v) is 11.9. The van der Waals surface area contributed by atoms with Crippen LogP contribution in [0.15, 0.2) is 12.1 Å². The van der Waals surface area contributed by atoms with Crippen molar-refractivity contribution in [1.29, 1.82) is 0 Å². The van der Waals surface area contributed by atoms with Crippen LogP contribution in [0.5, 0.6) is 0 Å². The number of nitrogens with one attached hydrogen (secondary N) is 1. The Kier molecular flexibility index (Phi) is 4.10. The Morgan fingerprint density at radius 1 is 1.41 bits per heavy atom. The summed E-state index contributed by atoms with van der Waals surface area (Å²) in [6.45, 7) is 2.07. The van der Waals surface area contributed by atoms with Gasteiger partial charge in [0.05, 0.1) is 10.7 Å². The van der Waals surface area contributed by atoms with E-state index in [1.54, 1.807) is 0 Å². The van der Waals surface area contributed by atoms with Crippen molar-refractivity contribution in [1.82, 2.24) is 0 Å². The first-order valence-electron chi connectivity index (χ1n) is 5.96. The standard InChI is InChI=1S/C13H19ClN2S/c1-8-6-10(15)9(14)7-12(8)16-11-4-3-5-13(11)17-2/h6-7,11,13,16H,3-5,15H2,1-2H3. The zero-order valence-electron chi connectivity index (χ0n) is 10.3. The molecule has 2 rings (SSSR count). The first kappa shape index (κ1) is 12.9. The highest BCUT2D eigenvalue weighted by molar-refractivity contribution is 7.99. The number of rotatable bonds is 3. The lowest BCUT2D eigenvalue weighted by Gasteiger charge is -2.22. The Hall–Kier alpha value is -0.540. The van der Waals surface area contributed by atoms with Crippen molar-refractivity contribution in [3.05, 3.63) is 22.7 Å². The van der Waals surface area contributed by atoms with Crippen molar-refractivity contribution < 1.29 is 0 Å². The molecule has 1 aromatic carbocycles. The predicted molar refractivity (Wildman–Crippen MR) is 79.2 cm³/mol. The van der Waals surface area contributed by atoms with Crippen LogP contribution in [0.1, 0.15) is 24.8 Å². The molecule has 0 heterocycles. The van der Waals surface area contributed by atoms with Gasteiger partial charge in [0.2, 0.25) is 0 Å². The second-order valence-electron chi connectivity index (χ2n) is 4.64. The summed E-state index contributed by atoms with van der Waals surface area (Å²) >= 11 is 8.02. The molecule has 0 spiro atoms. The number of halogens is 1. The number of anilines is 2. The van der Waals surface area contributed by atoms with Gasteiger partial charge in [0.25, 0.3) is 0 Å². The normalized spacial score (nSPS) is 23.9. The smallest absolute Gasteiger partial charge is 0.0656 e. The van der Waals surface area contributed by atoms with Crippen molar-refractivity contribution in [2.24, 2.45) is 0 Å². The van der Waals surface area contributed by atoms with Crippen molar-refractivity contribution in [3.8, 4) is 0 Å². The first-order valence-corrected chi connectivity index (χ1v) is 7.63. The van der Waals surface area contributed by atoms with Crippen LogP contribution in [-0.2, 0) is 0 Å². The van der Waals surface area contributed by atoms with E-state index in [4.69, 9.17) is 17.3 Å². The molecule has 1 aliphatic carbocycles. The van der Waals surface area contributed by atoms with E-state index in [2.05, 4.69) is 18.5 Å². The molecule has 1 fully saturated rings. The molecule has 0 radical (unpaired) electrons. The molecular weight excluding hydrogens is 252 g/mol. The van der Waals surface area contributed by atoms with Gasteiger partial charge in [-0.15, -0.1) is 0 Å². The van der Waals surface area contributed by atoms with E-state index in [-0.39, 0.29) is 0 Å². The zero-order chi connectivity index (χ0) is 12.4. The van der Waals surface area contributed by atoms with Crippen LogP contribution in [0, 0.1) is 6.92 Å². The fraction of sp³-hybridized carbons (Fsp3) is 0.538. The molecule has 2 atom stereocenters. The van der Waals surface area contributed by atoms with Crippen LogP contribution >= 0.6 is 23.4 Å². The summed E-state index contributed by atoms with van der Waals surface area (Å²) in [5.41, 5.74) is 8.73. The van der Waals surface area contributed by atoms with Gasteiger partial charge in [0, 0.05) is 17.0 Å². The summed E-state index contributed by atoms with van der Waals surface area (Å²) in [6.07, 6.45) is 6.05. The van der Waals surface area contributed by atoms with Crippen molar-refractivity contribution >= 4 is 34.7 Å². The van der Waals surface area contributed by atoms with Crippen LogP contribution < -0.4 is 11.1 Å². The lowest BCUT2D eigenvalue weighted by Crippen LogP contribution is -2.26. The van der Waals surface area contributed by atoms with Gasteiger partial charge in [-0.05, 0) is 43.7 Å². The second kappa shape index (κ2) is 5.40. The number of nitrogen functional groups attached to an aromatic ring is 1. The van der Waals surface area contributed by atoms with E-state index < -0.39 is 0 Å². The van der Waals surface area contributed by atoms with E-state index in [9.17, 15) is 0 Å². The van der Waals surface area contributed by atoms with Crippen molar-refractivity contribution in [2.45, 2.75) is 37.5 Å². The highest BCUT2D eigenvalue weighted by Crippen LogP contribution is 2.33. The van der Waals surface area contributed by atoms with Crippen LogP contribution in [0.25, 0.3) is 0 Å². The third-order valence-electron chi connectivity index (χ3n) is 3.44. The minimum Gasteiger partial charge on any atom is -0.398 e. The SMILES string of the molecule is CSC1CCCC1Nc1cc(Cl)c(N)cc1C. The molecule has 2 nitrogen and oxygen atoms in total. The van der Waals surface area contributed by atoms with Crippen molar-refractivity contribution in [2.75, 3.05) is 17.3 Å². The van der Waals surface area contributed by atoms with Crippen LogP contribution in [0.3, 0.4) is 0 Å². The van der Waals surface area contributed by atoms with E-state index >= 15 is 0 Å². The minimum absolute atomic E-state index is 0.559. The van der Waals surface area contributed by atoms with E-state index in [1.165, 1.54) is 24.8 Å². The molecule has 1 aliphatic rings. The molecule has 0 saturated heterocycles. The summed E-state index contributed by atoms with van der Waals surface area (Å²) in [5, 5.41) is 4.97. The summed E-state index contributed by atoms with van der Waals surface area (Å²) < 4.78 is 0. The Balaban J connectivity index is 2.15.